The molecule has 1 saturated carbocycles. The summed E-state index contributed by atoms with van der Waals surface area (Å²) in [4.78, 5) is 3.99. The van der Waals surface area contributed by atoms with E-state index in [0.29, 0.717) is 0 Å². The molecule has 0 aromatic carbocycles. The highest BCUT2D eigenvalue weighted by Gasteiger charge is 2.12. The number of pyridine rings is 1. The summed E-state index contributed by atoms with van der Waals surface area (Å²) in [5, 5.41) is 4.24. The maximum atomic E-state index is 6.05. The fourth-order valence-corrected chi connectivity index (χ4v) is 2.74. The topological polar surface area (TPSA) is 24.9 Å². The molecule has 2 nitrogen and oxygen atoms in total. The first-order valence-electron chi connectivity index (χ1n) is 6.65. The van der Waals surface area contributed by atoms with E-state index in [9.17, 15) is 0 Å². The molecule has 0 spiro atoms. The van der Waals surface area contributed by atoms with Crippen molar-refractivity contribution in [1.29, 1.82) is 0 Å². The number of nitrogens with one attached hydrogen (secondary N) is 1. The minimum Gasteiger partial charge on any atom is -0.313 e. The van der Waals surface area contributed by atoms with Crippen LogP contribution in [0.1, 0.15) is 44.1 Å². The van der Waals surface area contributed by atoms with Gasteiger partial charge < -0.3 is 5.32 Å². The zero-order valence-electron chi connectivity index (χ0n) is 10.3. The molecule has 0 bridgehead atoms. The second-order valence-electron chi connectivity index (χ2n) is 4.94. The van der Waals surface area contributed by atoms with Crippen LogP contribution in [0.3, 0.4) is 0 Å². The van der Waals surface area contributed by atoms with E-state index in [2.05, 4.69) is 10.3 Å². The third-order valence-corrected chi connectivity index (χ3v) is 3.97. The van der Waals surface area contributed by atoms with E-state index in [1.807, 2.05) is 6.07 Å². The second-order valence-corrected chi connectivity index (χ2v) is 5.34. The van der Waals surface area contributed by atoms with Crippen molar-refractivity contribution in [2.24, 2.45) is 5.92 Å². The molecule has 0 amide bonds. The molecule has 1 aliphatic rings. The molecule has 3 heteroatoms. The molecular formula is C14H21ClN2. The van der Waals surface area contributed by atoms with Crippen LogP contribution in [0.2, 0.25) is 5.02 Å². The van der Waals surface area contributed by atoms with Crippen molar-refractivity contribution in [3.05, 3.63) is 29.0 Å². The SMILES string of the molecule is Clc1cnccc1CNCCC1CCCCC1. The Hall–Kier alpha value is -0.600. The van der Waals surface area contributed by atoms with E-state index >= 15 is 0 Å². The number of rotatable bonds is 5. The summed E-state index contributed by atoms with van der Waals surface area (Å²) >= 11 is 6.05. The lowest BCUT2D eigenvalue weighted by molar-refractivity contribution is 0.334. The monoisotopic (exact) mass is 252 g/mol. The van der Waals surface area contributed by atoms with E-state index in [1.54, 1.807) is 12.4 Å². The van der Waals surface area contributed by atoms with Gasteiger partial charge in [-0.3, -0.25) is 4.98 Å². The smallest absolute Gasteiger partial charge is 0.0634 e. The Kier molecular flexibility index (Phi) is 5.27. The summed E-state index contributed by atoms with van der Waals surface area (Å²) in [7, 11) is 0. The molecular weight excluding hydrogens is 232 g/mol. The van der Waals surface area contributed by atoms with Crippen molar-refractivity contribution in [1.82, 2.24) is 10.3 Å². The molecule has 0 radical (unpaired) electrons. The van der Waals surface area contributed by atoms with Crippen LogP contribution in [0, 0.1) is 5.92 Å². The highest BCUT2D eigenvalue weighted by Crippen LogP contribution is 2.25. The number of hydrogen-bond donors (Lipinski definition) is 1. The Morgan fingerprint density at radius 2 is 2.12 bits per heavy atom. The Morgan fingerprint density at radius 1 is 1.29 bits per heavy atom. The molecule has 1 aliphatic carbocycles. The van der Waals surface area contributed by atoms with Crippen molar-refractivity contribution in [3.8, 4) is 0 Å². The summed E-state index contributed by atoms with van der Waals surface area (Å²) < 4.78 is 0. The third kappa shape index (κ3) is 4.29. The van der Waals surface area contributed by atoms with Gasteiger partial charge in [-0.05, 0) is 30.5 Å². The maximum absolute atomic E-state index is 6.05. The van der Waals surface area contributed by atoms with E-state index in [4.69, 9.17) is 11.6 Å². The van der Waals surface area contributed by atoms with Crippen LogP contribution in [-0.2, 0) is 6.54 Å². The fourth-order valence-electron chi connectivity index (χ4n) is 2.55. The average Bonchev–Trinajstić information content (AvgIpc) is 2.38. The largest absolute Gasteiger partial charge is 0.313 e. The quantitative estimate of drug-likeness (QED) is 0.807. The van der Waals surface area contributed by atoms with E-state index < -0.39 is 0 Å². The van der Waals surface area contributed by atoms with Crippen LogP contribution in [0.15, 0.2) is 18.5 Å². The van der Waals surface area contributed by atoms with E-state index in [-0.39, 0.29) is 0 Å². The van der Waals surface area contributed by atoms with E-state index in [1.165, 1.54) is 38.5 Å². The predicted octanol–water partition coefficient (Wildman–Crippen LogP) is 3.80. The molecule has 1 aromatic rings. The number of aromatic nitrogens is 1. The minimum absolute atomic E-state index is 0.762. The number of nitrogens with zero attached hydrogens (tertiary/aromatic N) is 1. The first-order valence-corrected chi connectivity index (χ1v) is 7.03. The fraction of sp³-hybridized carbons (Fsp3) is 0.643. The Labute approximate surface area is 109 Å². The lowest BCUT2D eigenvalue weighted by Gasteiger charge is -2.21. The Bertz CT molecular complexity index is 335. The average molecular weight is 253 g/mol. The third-order valence-electron chi connectivity index (χ3n) is 3.63. The normalized spacial score (nSPS) is 17.2. The zero-order chi connectivity index (χ0) is 11.9. The summed E-state index contributed by atoms with van der Waals surface area (Å²) in [6, 6.07) is 1.98. The van der Waals surface area contributed by atoms with Gasteiger partial charge in [0.1, 0.15) is 0 Å². The molecule has 17 heavy (non-hydrogen) atoms. The van der Waals surface area contributed by atoms with Crippen molar-refractivity contribution in [2.75, 3.05) is 6.54 Å². The summed E-state index contributed by atoms with van der Waals surface area (Å²) in [5.41, 5.74) is 1.14. The number of halogens is 1. The van der Waals surface area contributed by atoms with Crippen LogP contribution in [0.4, 0.5) is 0 Å². The second kappa shape index (κ2) is 6.97. The zero-order valence-corrected chi connectivity index (χ0v) is 11.0. The van der Waals surface area contributed by atoms with Crippen LogP contribution in [0.25, 0.3) is 0 Å². The Morgan fingerprint density at radius 3 is 2.88 bits per heavy atom. The molecule has 0 unspecified atom stereocenters. The van der Waals surface area contributed by atoms with Gasteiger partial charge in [0.2, 0.25) is 0 Å². The summed E-state index contributed by atoms with van der Waals surface area (Å²) in [6.07, 6.45) is 12.0. The van der Waals surface area contributed by atoms with Gasteiger partial charge >= 0.3 is 0 Å². The summed E-state index contributed by atoms with van der Waals surface area (Å²) in [5.74, 6) is 0.948. The van der Waals surface area contributed by atoms with Gasteiger partial charge in [-0.25, -0.2) is 0 Å². The molecule has 0 aliphatic heterocycles. The lowest BCUT2D eigenvalue weighted by atomic mass is 9.87. The van der Waals surface area contributed by atoms with Crippen molar-refractivity contribution in [3.63, 3.8) is 0 Å². The van der Waals surface area contributed by atoms with Crippen LogP contribution < -0.4 is 5.32 Å². The van der Waals surface area contributed by atoms with Gasteiger partial charge in [0.05, 0.1) is 5.02 Å². The summed E-state index contributed by atoms with van der Waals surface area (Å²) in [6.45, 7) is 1.96. The molecule has 0 saturated heterocycles. The van der Waals surface area contributed by atoms with E-state index in [0.717, 1.165) is 29.6 Å². The molecule has 2 rings (SSSR count). The molecule has 1 N–H and O–H groups in total. The first kappa shape index (κ1) is 12.8. The van der Waals surface area contributed by atoms with Crippen molar-refractivity contribution in [2.45, 2.75) is 45.1 Å². The lowest BCUT2D eigenvalue weighted by Crippen LogP contribution is -2.19. The van der Waals surface area contributed by atoms with Crippen LogP contribution >= 0.6 is 11.6 Å². The molecule has 0 atom stereocenters. The van der Waals surface area contributed by atoms with Gasteiger partial charge in [-0.15, -0.1) is 0 Å². The van der Waals surface area contributed by atoms with Crippen molar-refractivity contribution >= 4 is 11.6 Å². The van der Waals surface area contributed by atoms with Gasteiger partial charge in [-0.1, -0.05) is 43.7 Å². The maximum Gasteiger partial charge on any atom is 0.0634 e. The van der Waals surface area contributed by atoms with Gasteiger partial charge in [0.25, 0.3) is 0 Å². The van der Waals surface area contributed by atoms with Gasteiger partial charge in [0, 0.05) is 18.9 Å². The van der Waals surface area contributed by atoms with Gasteiger partial charge in [0.15, 0.2) is 0 Å². The number of hydrogen-bond acceptors (Lipinski definition) is 2. The van der Waals surface area contributed by atoms with Crippen LogP contribution in [0.5, 0.6) is 0 Å². The van der Waals surface area contributed by atoms with Crippen molar-refractivity contribution < 1.29 is 0 Å². The minimum atomic E-state index is 0.762. The van der Waals surface area contributed by atoms with Gasteiger partial charge in [-0.2, -0.15) is 0 Å². The highest BCUT2D eigenvalue weighted by molar-refractivity contribution is 6.31. The Balaban J connectivity index is 1.64. The molecule has 1 heterocycles. The molecule has 94 valence electrons. The van der Waals surface area contributed by atoms with Crippen LogP contribution in [-0.4, -0.2) is 11.5 Å². The predicted molar refractivity (Wildman–Crippen MR) is 72.1 cm³/mol. The first-order chi connectivity index (χ1) is 8.36. The molecule has 1 aromatic heterocycles. The highest BCUT2D eigenvalue weighted by atomic mass is 35.5. The standard InChI is InChI=1S/C14H21ClN2/c15-14-11-17-9-7-13(14)10-16-8-6-12-4-2-1-3-5-12/h7,9,11-12,16H,1-6,8,10H2. The molecule has 1 fully saturated rings.